The second-order valence-corrected chi connectivity index (χ2v) is 27.1. The molecule has 0 amide bonds. The van der Waals surface area contributed by atoms with Crippen molar-refractivity contribution in [3.63, 3.8) is 0 Å². The number of rotatable bonds is 6. The summed E-state index contributed by atoms with van der Waals surface area (Å²) in [7, 11) is 0. The van der Waals surface area contributed by atoms with Crippen LogP contribution in [0.5, 0.6) is 0 Å². The van der Waals surface area contributed by atoms with Crippen LogP contribution in [0.25, 0.3) is 83.2 Å². The number of nitrogens with zero attached hydrogens (tertiary/aromatic N) is 3. The zero-order valence-electron chi connectivity index (χ0n) is 33.8. The van der Waals surface area contributed by atoms with Crippen molar-refractivity contribution in [3.05, 3.63) is 157 Å². The summed E-state index contributed by atoms with van der Waals surface area (Å²) < 4.78 is 16.7. The van der Waals surface area contributed by atoms with Crippen LogP contribution in [0.2, 0.25) is 17.3 Å². The van der Waals surface area contributed by atoms with E-state index in [1.807, 2.05) is 66.9 Å². The monoisotopic (exact) mass is 998 g/mol. The van der Waals surface area contributed by atoms with Gasteiger partial charge in [0.1, 0.15) is 16.7 Å². The molecular formula is C51H45GeIrN3O2-2. The predicted molar refractivity (Wildman–Crippen MR) is 240 cm³/mol. The summed E-state index contributed by atoms with van der Waals surface area (Å²) in [5.74, 6) is 8.65. The van der Waals surface area contributed by atoms with Gasteiger partial charge < -0.3 is 13.4 Å². The van der Waals surface area contributed by atoms with E-state index in [9.17, 15) is 0 Å². The van der Waals surface area contributed by atoms with E-state index in [1.54, 1.807) is 0 Å². The number of hydrogen-bond acceptors (Lipinski definition) is 4. The zero-order valence-corrected chi connectivity index (χ0v) is 38.3. The number of hydrogen-bond donors (Lipinski definition) is 0. The molecule has 58 heavy (non-hydrogen) atoms. The zero-order chi connectivity index (χ0) is 39.4. The Kier molecular flexibility index (Phi) is 10.8. The SMILES string of the molecule is CC(C)c1cccc(C(C)C)c1-n1c(-c2[c-]ccc3c2oc2ccc4oc5ccccc5c4c23)nc2ccccc21.[CH3][Ge]([CH3])([CH3])[c]1ccc(-c2[c-]cccc2)nc1.[Ir]. The van der Waals surface area contributed by atoms with E-state index in [-0.39, 0.29) is 20.1 Å². The second kappa shape index (κ2) is 15.8. The van der Waals surface area contributed by atoms with Crippen LogP contribution >= 0.6 is 0 Å². The first-order chi connectivity index (χ1) is 27.6. The van der Waals surface area contributed by atoms with Gasteiger partial charge in [0.2, 0.25) is 0 Å². The number of furan rings is 2. The molecule has 0 aliphatic heterocycles. The third-order valence-electron chi connectivity index (χ3n) is 10.9. The fourth-order valence-electron chi connectivity index (χ4n) is 7.95. The molecule has 0 atom stereocenters. The Morgan fingerprint density at radius 1 is 0.621 bits per heavy atom. The number of pyridine rings is 1. The fourth-order valence-corrected chi connectivity index (χ4v) is 10.1. The standard InChI is InChI=1S/C37H29N2O2.C14H16GeN.Ir/c1-21(2)23-12-9-13-24(22(3)4)35(23)39-29-17-7-6-16-28(29)38-37(39)27-15-10-14-26-34-32(41-36(26)27)20-19-31-33(34)25-11-5-8-18-30(25)40-31;1-15(2,3)13-9-10-14(16-11-13)12-7-5-4-6-8-12;/h5-14,16-22H,1-4H3;4-7,9-11H,1-3H3;/q2*-1;. The molecule has 0 aliphatic carbocycles. The molecule has 1 radical (unpaired) electrons. The molecule has 0 N–H and O–H groups in total. The van der Waals surface area contributed by atoms with Crippen LogP contribution in [-0.4, -0.2) is 27.8 Å². The Hall–Kier alpha value is -5.27. The van der Waals surface area contributed by atoms with Gasteiger partial charge in [0.25, 0.3) is 0 Å². The van der Waals surface area contributed by atoms with E-state index < -0.39 is 13.3 Å². The van der Waals surface area contributed by atoms with Crippen molar-refractivity contribution in [2.45, 2.75) is 56.8 Å². The summed E-state index contributed by atoms with van der Waals surface area (Å²) in [5.41, 5.74) is 12.1. The van der Waals surface area contributed by atoms with Gasteiger partial charge >= 0.3 is 99.8 Å². The molecule has 4 heterocycles. The molecule has 0 spiro atoms. The topological polar surface area (TPSA) is 57.0 Å². The van der Waals surface area contributed by atoms with Gasteiger partial charge in [-0.2, -0.15) is 0 Å². The van der Waals surface area contributed by atoms with Gasteiger partial charge in [0.15, 0.2) is 0 Å². The van der Waals surface area contributed by atoms with E-state index >= 15 is 0 Å². The molecule has 6 aromatic carbocycles. The molecule has 0 saturated heterocycles. The van der Waals surface area contributed by atoms with Gasteiger partial charge in [-0.1, -0.05) is 87.2 Å². The van der Waals surface area contributed by atoms with Crippen molar-refractivity contribution in [2.24, 2.45) is 0 Å². The number of para-hydroxylation sites is 4. The van der Waals surface area contributed by atoms with Crippen LogP contribution in [0.4, 0.5) is 0 Å². The fraction of sp³-hybridized carbons (Fsp3) is 0.176. The second-order valence-electron chi connectivity index (χ2n) is 16.4. The van der Waals surface area contributed by atoms with Crippen LogP contribution in [0.15, 0.2) is 142 Å². The van der Waals surface area contributed by atoms with Gasteiger partial charge in [-0.15, -0.1) is 18.2 Å². The smallest absolute Gasteiger partial charge is 0 e. The molecule has 0 bridgehead atoms. The van der Waals surface area contributed by atoms with Crippen molar-refractivity contribution in [3.8, 4) is 28.3 Å². The average Bonchev–Trinajstić information content (AvgIpc) is 3.92. The van der Waals surface area contributed by atoms with Crippen molar-refractivity contribution in [2.75, 3.05) is 0 Å². The van der Waals surface area contributed by atoms with Gasteiger partial charge in [0, 0.05) is 42.0 Å². The largest absolute Gasteiger partial charge is 0 e. The Morgan fingerprint density at radius 3 is 2.00 bits per heavy atom. The third kappa shape index (κ3) is 7.02. The molecule has 10 aromatic rings. The average molecular weight is 997 g/mol. The first-order valence-corrected chi connectivity index (χ1v) is 27.1. The van der Waals surface area contributed by atoms with Gasteiger partial charge in [-0.3, -0.25) is 4.98 Å². The summed E-state index contributed by atoms with van der Waals surface area (Å²) in [5, 5.41) is 4.26. The number of imidazole rings is 1. The maximum atomic E-state index is 6.68. The number of fused-ring (bicyclic) bond motifs is 8. The first kappa shape index (κ1) is 39.6. The van der Waals surface area contributed by atoms with E-state index in [4.69, 9.17) is 13.8 Å². The van der Waals surface area contributed by atoms with Gasteiger partial charge in [0.05, 0.1) is 22.4 Å². The normalized spacial score (nSPS) is 11.9. The van der Waals surface area contributed by atoms with Crippen LogP contribution in [0.1, 0.15) is 50.7 Å². The quantitative estimate of drug-likeness (QED) is 0.123. The third-order valence-corrected chi connectivity index (χ3v) is 15.2. The van der Waals surface area contributed by atoms with Crippen LogP contribution in [0.3, 0.4) is 0 Å². The molecule has 0 fully saturated rings. The maximum Gasteiger partial charge on any atom is 0 e. The summed E-state index contributed by atoms with van der Waals surface area (Å²) in [6.45, 7) is 9.03. The minimum absolute atomic E-state index is 0. The summed E-state index contributed by atoms with van der Waals surface area (Å²) in [6.07, 6.45) is 2.04. The van der Waals surface area contributed by atoms with Crippen LogP contribution in [0, 0.1) is 12.1 Å². The minimum atomic E-state index is -1.72. The summed E-state index contributed by atoms with van der Waals surface area (Å²) in [4.78, 5) is 9.77. The molecule has 0 aliphatic rings. The van der Waals surface area contributed by atoms with E-state index in [0.717, 1.165) is 77.6 Å². The first-order valence-electron chi connectivity index (χ1n) is 19.8. The minimum Gasteiger partial charge on any atom is 0 e. The van der Waals surface area contributed by atoms with E-state index in [0.29, 0.717) is 11.8 Å². The Labute approximate surface area is 355 Å². The number of aromatic nitrogens is 3. The van der Waals surface area contributed by atoms with Crippen molar-refractivity contribution < 1.29 is 28.9 Å². The molecule has 0 saturated carbocycles. The molecule has 291 valence electrons. The predicted octanol–water partition coefficient (Wildman–Crippen LogP) is 13.6. The number of benzene rings is 6. The summed E-state index contributed by atoms with van der Waals surface area (Å²) >= 11 is -1.72. The Morgan fingerprint density at radius 2 is 1.31 bits per heavy atom. The van der Waals surface area contributed by atoms with E-state index in [1.165, 1.54) is 21.2 Å². The molecule has 5 nitrogen and oxygen atoms in total. The molecule has 7 heteroatoms. The van der Waals surface area contributed by atoms with Crippen molar-refractivity contribution >= 4 is 72.6 Å². The molecule has 0 unspecified atom stereocenters. The van der Waals surface area contributed by atoms with Crippen molar-refractivity contribution in [1.82, 2.24) is 14.5 Å². The Bertz CT molecular complexity index is 3030. The van der Waals surface area contributed by atoms with Gasteiger partial charge in [-0.05, 0) is 53.3 Å². The summed E-state index contributed by atoms with van der Waals surface area (Å²) in [6, 6.07) is 50.4. The maximum absolute atomic E-state index is 6.68. The van der Waals surface area contributed by atoms with Crippen LogP contribution < -0.4 is 4.40 Å². The molecule has 10 rings (SSSR count). The molecular weight excluding hydrogens is 951 g/mol. The molecule has 4 aromatic heterocycles. The Balaban J connectivity index is 0.000000233. The van der Waals surface area contributed by atoms with E-state index in [2.05, 4.69) is 133 Å². The van der Waals surface area contributed by atoms with Crippen LogP contribution in [-0.2, 0) is 20.1 Å². The van der Waals surface area contributed by atoms with Crippen molar-refractivity contribution in [1.29, 1.82) is 0 Å². The van der Waals surface area contributed by atoms with Gasteiger partial charge in [-0.25, -0.2) is 0 Å².